The number of nitrogens with one attached hydrogen (secondary N) is 1. The molecular formula is C16H25N7O3. The molecule has 0 saturated carbocycles. The van der Waals surface area contributed by atoms with Gasteiger partial charge in [0.25, 0.3) is 5.91 Å². The van der Waals surface area contributed by atoms with Crippen molar-refractivity contribution in [2.24, 2.45) is 10.7 Å². The van der Waals surface area contributed by atoms with Crippen LogP contribution in [-0.4, -0.2) is 102 Å². The van der Waals surface area contributed by atoms with Gasteiger partial charge in [-0.15, -0.1) is 0 Å². The fourth-order valence-electron chi connectivity index (χ4n) is 3.56. The number of likely N-dealkylation sites (N-methyl/N-ethyl adjacent to an activating group) is 1. The Balaban J connectivity index is 1.80. The Morgan fingerprint density at radius 1 is 1.27 bits per heavy atom. The van der Waals surface area contributed by atoms with Crippen LogP contribution in [0.5, 0.6) is 0 Å². The summed E-state index contributed by atoms with van der Waals surface area (Å²) >= 11 is 0. The molecule has 2 fully saturated rings. The molecule has 26 heavy (non-hydrogen) atoms. The van der Waals surface area contributed by atoms with E-state index in [0.717, 1.165) is 5.57 Å². The van der Waals surface area contributed by atoms with Gasteiger partial charge in [0.15, 0.2) is 18.2 Å². The number of nitrogens with zero attached hydrogens (tertiary/aromatic N) is 5. The average Bonchev–Trinajstić information content (AvgIpc) is 2.92. The minimum absolute atomic E-state index is 0.237. The van der Waals surface area contributed by atoms with Gasteiger partial charge in [-0.25, -0.2) is 9.79 Å². The minimum atomic E-state index is -0.562. The highest BCUT2D eigenvalue weighted by Crippen LogP contribution is 2.26. The van der Waals surface area contributed by atoms with Crippen LogP contribution < -0.4 is 11.1 Å². The first-order valence-electron chi connectivity index (χ1n) is 8.60. The van der Waals surface area contributed by atoms with Crippen molar-refractivity contribution in [2.75, 3.05) is 46.3 Å². The van der Waals surface area contributed by atoms with Gasteiger partial charge in [0.2, 0.25) is 5.91 Å². The van der Waals surface area contributed by atoms with E-state index in [-0.39, 0.29) is 18.4 Å². The van der Waals surface area contributed by atoms with Gasteiger partial charge < -0.3 is 20.4 Å². The Morgan fingerprint density at radius 3 is 2.50 bits per heavy atom. The van der Waals surface area contributed by atoms with Crippen molar-refractivity contribution in [3.8, 4) is 0 Å². The molecule has 0 aromatic rings. The highest BCUT2D eigenvalue weighted by molar-refractivity contribution is 6.03. The smallest absolute Gasteiger partial charge is 0.325 e. The number of piperazine rings is 1. The lowest BCUT2D eigenvalue weighted by molar-refractivity contribution is -0.127. The summed E-state index contributed by atoms with van der Waals surface area (Å²) in [6.45, 7) is 9.25. The molecule has 3 rings (SSSR count). The van der Waals surface area contributed by atoms with Crippen LogP contribution in [0.1, 0.15) is 6.92 Å². The molecule has 3 N–H and O–H groups in total. The van der Waals surface area contributed by atoms with Crippen molar-refractivity contribution in [2.45, 2.75) is 19.1 Å². The van der Waals surface area contributed by atoms with E-state index < -0.39 is 18.2 Å². The number of rotatable bonds is 4. The van der Waals surface area contributed by atoms with Crippen molar-refractivity contribution < 1.29 is 14.4 Å². The molecule has 2 unspecified atom stereocenters. The molecule has 2 saturated heterocycles. The van der Waals surface area contributed by atoms with Gasteiger partial charge in [-0.05, 0) is 6.92 Å². The molecule has 2 atom stereocenters. The topological polar surface area (TPSA) is 115 Å². The molecule has 0 aliphatic carbocycles. The Bertz CT molecular complexity index is 669. The van der Waals surface area contributed by atoms with Gasteiger partial charge in [0, 0.05) is 39.8 Å². The van der Waals surface area contributed by atoms with Crippen molar-refractivity contribution in [3.05, 3.63) is 12.2 Å². The van der Waals surface area contributed by atoms with Crippen LogP contribution in [0.25, 0.3) is 0 Å². The maximum absolute atomic E-state index is 12.4. The fourth-order valence-corrected chi connectivity index (χ4v) is 3.56. The average molecular weight is 363 g/mol. The van der Waals surface area contributed by atoms with Gasteiger partial charge in [0.05, 0.1) is 6.54 Å². The van der Waals surface area contributed by atoms with Crippen molar-refractivity contribution in [1.29, 1.82) is 0 Å². The van der Waals surface area contributed by atoms with Crippen molar-refractivity contribution in [3.63, 3.8) is 0 Å². The number of hydrogen-bond donors (Lipinski definition) is 2. The third-order valence-electron chi connectivity index (χ3n) is 4.81. The standard InChI is InChI=1S/C16H25N7O3/c1-10(2)8-23-12-13(20(3)16(26)19-14(12)25)18-15(23)22-6-4-21(5-7-22)9-11(17)24/h12-13H,1,4-9H2,2-3H3,(H2,17,24)(H,19,25,26). The van der Waals surface area contributed by atoms with E-state index >= 15 is 0 Å². The molecule has 3 aliphatic heterocycles. The molecule has 10 nitrogen and oxygen atoms in total. The van der Waals surface area contributed by atoms with Crippen LogP contribution in [0.15, 0.2) is 17.1 Å². The lowest BCUT2D eigenvalue weighted by atomic mass is 10.1. The van der Waals surface area contributed by atoms with Crippen LogP contribution >= 0.6 is 0 Å². The maximum Gasteiger partial charge on any atom is 0.325 e. The third kappa shape index (κ3) is 3.36. The minimum Gasteiger partial charge on any atom is -0.369 e. The molecule has 4 amide bonds. The summed E-state index contributed by atoms with van der Waals surface area (Å²) in [5, 5.41) is 2.38. The third-order valence-corrected chi connectivity index (χ3v) is 4.81. The van der Waals surface area contributed by atoms with Gasteiger partial charge >= 0.3 is 6.03 Å². The van der Waals surface area contributed by atoms with Crippen LogP contribution in [-0.2, 0) is 9.59 Å². The van der Waals surface area contributed by atoms with Crippen LogP contribution in [0.2, 0.25) is 0 Å². The Morgan fingerprint density at radius 2 is 1.92 bits per heavy atom. The van der Waals surface area contributed by atoms with E-state index in [1.54, 1.807) is 7.05 Å². The quantitative estimate of drug-likeness (QED) is 0.571. The number of urea groups is 1. The number of nitrogens with two attached hydrogens (primary N) is 1. The molecule has 0 spiro atoms. The number of imide groups is 1. The van der Waals surface area contributed by atoms with Crippen LogP contribution in [0, 0.1) is 0 Å². The molecule has 142 valence electrons. The van der Waals surface area contributed by atoms with Gasteiger partial charge in [0.1, 0.15) is 0 Å². The Hall–Kier alpha value is -2.62. The first-order chi connectivity index (χ1) is 12.3. The molecule has 0 aromatic heterocycles. The van der Waals surface area contributed by atoms with Gasteiger partial charge in [-0.1, -0.05) is 12.2 Å². The fraction of sp³-hybridized carbons (Fsp3) is 0.625. The molecule has 3 aliphatic rings. The van der Waals surface area contributed by atoms with E-state index in [0.29, 0.717) is 38.7 Å². The summed E-state index contributed by atoms with van der Waals surface area (Å²) in [7, 11) is 1.63. The summed E-state index contributed by atoms with van der Waals surface area (Å²) < 4.78 is 0. The predicted molar refractivity (Wildman–Crippen MR) is 95.0 cm³/mol. The predicted octanol–water partition coefficient (Wildman–Crippen LogP) is -1.79. The summed E-state index contributed by atoms with van der Waals surface area (Å²) in [5.74, 6) is 0.00674. The zero-order chi connectivity index (χ0) is 19.0. The highest BCUT2D eigenvalue weighted by atomic mass is 16.2. The monoisotopic (exact) mass is 363 g/mol. The second-order valence-electron chi connectivity index (χ2n) is 7.01. The summed E-state index contributed by atoms with van der Waals surface area (Å²) in [4.78, 5) is 47.6. The number of fused-ring (bicyclic) bond motifs is 1. The number of aliphatic imine (C=N–C) groups is 1. The number of guanidine groups is 1. The van der Waals surface area contributed by atoms with E-state index in [9.17, 15) is 14.4 Å². The lowest BCUT2D eigenvalue weighted by Crippen LogP contribution is -2.64. The normalized spacial score (nSPS) is 26.5. The van der Waals surface area contributed by atoms with E-state index in [2.05, 4.69) is 16.8 Å². The molecule has 0 bridgehead atoms. The van der Waals surface area contributed by atoms with Crippen molar-refractivity contribution in [1.82, 2.24) is 24.9 Å². The Kier molecular flexibility index (Phi) is 4.86. The molecule has 10 heteroatoms. The van der Waals surface area contributed by atoms with Crippen LogP contribution in [0.3, 0.4) is 0 Å². The number of hydrogen-bond acceptors (Lipinski definition) is 7. The molecule has 0 radical (unpaired) electrons. The molecular weight excluding hydrogens is 338 g/mol. The first-order valence-corrected chi connectivity index (χ1v) is 8.60. The van der Waals surface area contributed by atoms with Crippen molar-refractivity contribution >= 4 is 23.8 Å². The van der Waals surface area contributed by atoms with Crippen LogP contribution in [0.4, 0.5) is 4.79 Å². The summed E-state index contributed by atoms with van der Waals surface area (Å²) in [5.41, 5.74) is 6.16. The lowest BCUT2D eigenvalue weighted by Gasteiger charge is -2.40. The number of amides is 4. The second-order valence-corrected chi connectivity index (χ2v) is 7.01. The highest BCUT2D eigenvalue weighted by Gasteiger charge is 2.49. The van der Waals surface area contributed by atoms with Gasteiger partial charge in [-0.2, -0.15) is 0 Å². The SMILES string of the molecule is C=C(C)CN1C(N2CCN(CC(N)=O)CC2)=NC2C1C(=O)NC(=O)N2C. The number of primary amides is 1. The summed E-state index contributed by atoms with van der Waals surface area (Å²) in [6, 6.07) is -1.00. The largest absolute Gasteiger partial charge is 0.369 e. The van der Waals surface area contributed by atoms with Gasteiger partial charge in [-0.3, -0.25) is 19.8 Å². The first kappa shape index (κ1) is 18.2. The Labute approximate surface area is 152 Å². The number of carbonyl (C=O) groups is 3. The van der Waals surface area contributed by atoms with E-state index in [4.69, 9.17) is 10.7 Å². The zero-order valence-corrected chi connectivity index (χ0v) is 15.1. The zero-order valence-electron chi connectivity index (χ0n) is 15.1. The number of carbonyl (C=O) groups excluding carboxylic acids is 3. The molecule has 3 heterocycles. The maximum atomic E-state index is 12.4. The van der Waals surface area contributed by atoms with E-state index in [1.165, 1.54) is 4.90 Å². The van der Waals surface area contributed by atoms with E-state index in [1.807, 2.05) is 16.7 Å². The second kappa shape index (κ2) is 6.94. The summed E-state index contributed by atoms with van der Waals surface area (Å²) in [6.07, 6.45) is -0.547. The molecule has 0 aromatic carbocycles.